The van der Waals surface area contributed by atoms with Gasteiger partial charge in [0.05, 0.1) is 6.04 Å². The van der Waals surface area contributed by atoms with Gasteiger partial charge in [-0.1, -0.05) is 13.8 Å². The molecule has 0 aliphatic heterocycles. The van der Waals surface area contributed by atoms with E-state index in [1.54, 1.807) is 12.4 Å². The van der Waals surface area contributed by atoms with Gasteiger partial charge in [-0.3, -0.25) is 4.98 Å². The van der Waals surface area contributed by atoms with Crippen LogP contribution in [0.5, 0.6) is 0 Å². The van der Waals surface area contributed by atoms with Crippen molar-refractivity contribution >= 4 is 6.03 Å². The fraction of sp³-hybridized carbons (Fsp3) is 0.571. The van der Waals surface area contributed by atoms with E-state index < -0.39 is 0 Å². The molecule has 5 nitrogen and oxygen atoms in total. The van der Waals surface area contributed by atoms with Crippen LogP contribution in [0.25, 0.3) is 0 Å². The Bertz CT molecular complexity index is 393. The fourth-order valence-electron chi connectivity index (χ4n) is 1.69. The molecule has 1 aromatic heterocycles. The van der Waals surface area contributed by atoms with Crippen LogP contribution in [0.15, 0.2) is 24.5 Å². The zero-order chi connectivity index (χ0) is 14.3. The van der Waals surface area contributed by atoms with Crippen molar-refractivity contribution in [2.75, 3.05) is 13.2 Å². The first-order chi connectivity index (χ1) is 8.94. The Morgan fingerprint density at radius 1 is 1.42 bits per heavy atom. The Hall–Kier alpha value is -1.62. The first-order valence-corrected chi connectivity index (χ1v) is 6.50. The lowest BCUT2D eigenvalue weighted by Gasteiger charge is -2.24. The number of aliphatic hydroxyl groups excluding tert-OH is 1. The molecule has 0 aliphatic rings. The van der Waals surface area contributed by atoms with E-state index >= 15 is 0 Å². The second-order valence-electron chi connectivity index (χ2n) is 5.47. The van der Waals surface area contributed by atoms with Gasteiger partial charge in [0.25, 0.3) is 0 Å². The summed E-state index contributed by atoms with van der Waals surface area (Å²) in [7, 11) is 0. The number of rotatable bonds is 6. The lowest BCUT2D eigenvalue weighted by Crippen LogP contribution is -2.41. The third-order valence-corrected chi connectivity index (χ3v) is 3.07. The summed E-state index contributed by atoms with van der Waals surface area (Å²) in [4.78, 5) is 15.7. The van der Waals surface area contributed by atoms with Crippen LogP contribution in [-0.4, -0.2) is 29.3 Å². The topological polar surface area (TPSA) is 74.2 Å². The summed E-state index contributed by atoms with van der Waals surface area (Å²) in [5.41, 5.74) is 0.909. The predicted molar refractivity (Wildman–Crippen MR) is 74.7 cm³/mol. The lowest BCUT2D eigenvalue weighted by atomic mass is 9.90. The summed E-state index contributed by atoms with van der Waals surface area (Å²) in [5.74, 6) is 0. The molecule has 0 bridgehead atoms. The highest BCUT2D eigenvalue weighted by Gasteiger charge is 2.18. The van der Waals surface area contributed by atoms with Crippen molar-refractivity contribution in [2.24, 2.45) is 5.41 Å². The number of urea groups is 1. The molecular weight excluding hydrogens is 242 g/mol. The van der Waals surface area contributed by atoms with E-state index in [1.807, 2.05) is 32.9 Å². The van der Waals surface area contributed by atoms with Crippen LogP contribution in [0.2, 0.25) is 0 Å². The summed E-state index contributed by atoms with van der Waals surface area (Å²) >= 11 is 0. The molecule has 1 unspecified atom stereocenters. The van der Waals surface area contributed by atoms with Gasteiger partial charge >= 0.3 is 6.03 Å². The first-order valence-electron chi connectivity index (χ1n) is 6.50. The quantitative estimate of drug-likeness (QED) is 0.735. The van der Waals surface area contributed by atoms with Crippen LogP contribution >= 0.6 is 0 Å². The van der Waals surface area contributed by atoms with E-state index in [-0.39, 0.29) is 24.1 Å². The Morgan fingerprint density at radius 2 is 2.05 bits per heavy atom. The maximum Gasteiger partial charge on any atom is 0.315 e. The number of nitrogens with zero attached hydrogens (tertiary/aromatic N) is 1. The molecular formula is C14H23N3O2. The highest BCUT2D eigenvalue weighted by molar-refractivity contribution is 5.74. The van der Waals surface area contributed by atoms with Gasteiger partial charge in [0.1, 0.15) is 0 Å². The third-order valence-electron chi connectivity index (χ3n) is 3.07. The molecule has 106 valence electrons. The smallest absolute Gasteiger partial charge is 0.315 e. The second-order valence-corrected chi connectivity index (χ2v) is 5.47. The van der Waals surface area contributed by atoms with Crippen molar-refractivity contribution in [1.29, 1.82) is 0 Å². The van der Waals surface area contributed by atoms with Crippen molar-refractivity contribution in [2.45, 2.75) is 33.2 Å². The van der Waals surface area contributed by atoms with Crippen LogP contribution in [0, 0.1) is 5.41 Å². The van der Waals surface area contributed by atoms with Crippen LogP contribution in [-0.2, 0) is 0 Å². The molecule has 0 spiro atoms. The first kappa shape index (κ1) is 15.4. The number of carbonyl (C=O) groups is 1. The summed E-state index contributed by atoms with van der Waals surface area (Å²) in [6.07, 6.45) is 4.07. The molecule has 0 fully saturated rings. The van der Waals surface area contributed by atoms with Crippen LogP contribution < -0.4 is 10.6 Å². The van der Waals surface area contributed by atoms with E-state index in [0.29, 0.717) is 13.0 Å². The number of hydrogen-bond donors (Lipinski definition) is 3. The van der Waals surface area contributed by atoms with Crippen molar-refractivity contribution in [3.8, 4) is 0 Å². The van der Waals surface area contributed by atoms with Gasteiger partial charge < -0.3 is 15.7 Å². The SMILES string of the molecule is CC(NC(=O)NCC(C)(C)CCO)c1ccncc1. The number of amides is 2. The molecule has 2 amide bonds. The molecule has 0 saturated heterocycles. The average Bonchev–Trinajstić information content (AvgIpc) is 2.37. The fourth-order valence-corrected chi connectivity index (χ4v) is 1.69. The largest absolute Gasteiger partial charge is 0.396 e. The Labute approximate surface area is 114 Å². The van der Waals surface area contributed by atoms with E-state index in [4.69, 9.17) is 5.11 Å². The maximum atomic E-state index is 11.8. The molecule has 5 heteroatoms. The predicted octanol–water partition coefficient (Wildman–Crippen LogP) is 1.85. The number of carbonyl (C=O) groups excluding carboxylic acids is 1. The standard InChI is InChI=1S/C14H23N3O2/c1-11(12-4-7-15-8-5-12)17-13(19)16-10-14(2,3)6-9-18/h4-5,7-8,11,18H,6,9-10H2,1-3H3,(H2,16,17,19). The van der Waals surface area contributed by atoms with Gasteiger partial charge in [-0.25, -0.2) is 4.79 Å². The van der Waals surface area contributed by atoms with Crippen molar-refractivity contribution in [3.05, 3.63) is 30.1 Å². The van der Waals surface area contributed by atoms with E-state index in [9.17, 15) is 4.79 Å². The van der Waals surface area contributed by atoms with Gasteiger partial charge in [0.15, 0.2) is 0 Å². The second kappa shape index (κ2) is 7.09. The molecule has 19 heavy (non-hydrogen) atoms. The van der Waals surface area contributed by atoms with Crippen LogP contribution in [0.1, 0.15) is 38.8 Å². The minimum atomic E-state index is -0.199. The molecule has 0 radical (unpaired) electrons. The molecule has 3 N–H and O–H groups in total. The van der Waals surface area contributed by atoms with Gasteiger partial charge in [-0.05, 0) is 36.5 Å². The van der Waals surface area contributed by atoms with Crippen LogP contribution in [0.4, 0.5) is 4.79 Å². The molecule has 0 saturated carbocycles. The summed E-state index contributed by atoms with van der Waals surface area (Å²) in [6.45, 7) is 6.60. The summed E-state index contributed by atoms with van der Waals surface area (Å²) < 4.78 is 0. The van der Waals surface area contributed by atoms with E-state index in [1.165, 1.54) is 0 Å². The van der Waals surface area contributed by atoms with Gasteiger partial charge in [0, 0.05) is 25.5 Å². The zero-order valence-electron chi connectivity index (χ0n) is 11.8. The van der Waals surface area contributed by atoms with Crippen LogP contribution in [0.3, 0.4) is 0 Å². The molecule has 1 atom stereocenters. The number of hydrogen-bond acceptors (Lipinski definition) is 3. The van der Waals surface area contributed by atoms with Gasteiger partial charge in [-0.15, -0.1) is 0 Å². The third kappa shape index (κ3) is 5.70. The number of nitrogens with one attached hydrogen (secondary N) is 2. The molecule has 0 aromatic carbocycles. The maximum absolute atomic E-state index is 11.8. The Morgan fingerprint density at radius 3 is 2.63 bits per heavy atom. The van der Waals surface area contributed by atoms with E-state index in [2.05, 4.69) is 15.6 Å². The Kier molecular flexibility index (Phi) is 5.76. The number of aromatic nitrogens is 1. The summed E-state index contributed by atoms with van der Waals surface area (Å²) in [5, 5.41) is 14.6. The monoisotopic (exact) mass is 265 g/mol. The molecule has 1 heterocycles. The lowest BCUT2D eigenvalue weighted by molar-refractivity contribution is 0.200. The van der Waals surface area contributed by atoms with Gasteiger partial charge in [-0.2, -0.15) is 0 Å². The number of aliphatic hydroxyl groups is 1. The molecule has 0 aliphatic carbocycles. The number of pyridine rings is 1. The van der Waals surface area contributed by atoms with Crippen molar-refractivity contribution in [1.82, 2.24) is 15.6 Å². The van der Waals surface area contributed by atoms with E-state index in [0.717, 1.165) is 5.56 Å². The summed E-state index contributed by atoms with van der Waals surface area (Å²) in [6, 6.07) is 3.49. The van der Waals surface area contributed by atoms with Gasteiger partial charge in [0.2, 0.25) is 0 Å². The zero-order valence-corrected chi connectivity index (χ0v) is 11.8. The minimum Gasteiger partial charge on any atom is -0.396 e. The van der Waals surface area contributed by atoms with Crippen molar-refractivity contribution < 1.29 is 9.90 Å². The average molecular weight is 265 g/mol. The minimum absolute atomic E-state index is 0.0658. The highest BCUT2D eigenvalue weighted by atomic mass is 16.3. The van der Waals surface area contributed by atoms with Crippen molar-refractivity contribution in [3.63, 3.8) is 0 Å². The molecule has 1 aromatic rings. The highest BCUT2D eigenvalue weighted by Crippen LogP contribution is 2.18. The normalized spacial score (nSPS) is 12.8. The Balaban J connectivity index is 2.39. The molecule has 1 rings (SSSR count).